The molecule has 0 bridgehead atoms. The first-order chi connectivity index (χ1) is 24.9. The van der Waals surface area contributed by atoms with Gasteiger partial charge in [0.05, 0.1) is 23.9 Å². The number of carboxylic acid groups (broad SMARTS) is 1. The van der Waals surface area contributed by atoms with E-state index in [1.165, 1.54) is 18.4 Å². The highest BCUT2D eigenvalue weighted by Crippen LogP contribution is 2.04. The highest BCUT2D eigenvalue weighted by atomic mass is 16.5. The second-order valence-electron chi connectivity index (χ2n) is 14.6. The number of nitrogens with one attached hydrogen (secondary N) is 2. The van der Waals surface area contributed by atoms with Gasteiger partial charge in [0.2, 0.25) is 0 Å². The van der Waals surface area contributed by atoms with Gasteiger partial charge in [-0.1, -0.05) is 83.5 Å². The van der Waals surface area contributed by atoms with Crippen LogP contribution in [0.25, 0.3) is 0 Å². The minimum atomic E-state index is -0.881. The summed E-state index contributed by atoms with van der Waals surface area (Å²) < 4.78 is 15.9. The molecule has 0 aliphatic rings. The molecule has 0 saturated carbocycles. The number of carbonyl (C=O) groups excluding carboxylic acids is 1. The monoisotopic (exact) mass is 748 g/mol. The lowest BCUT2D eigenvalue weighted by Gasteiger charge is -2.10. The van der Waals surface area contributed by atoms with Crippen LogP contribution in [0.1, 0.15) is 137 Å². The predicted molar refractivity (Wildman–Crippen MR) is 225 cm³/mol. The third-order valence-electron chi connectivity index (χ3n) is 6.75. The molecule has 2 aromatic rings. The van der Waals surface area contributed by atoms with Crippen molar-refractivity contribution in [2.75, 3.05) is 40.5 Å². The fraction of sp³-hybridized carbons (Fsp3) is 0.682. The van der Waals surface area contributed by atoms with Crippen molar-refractivity contribution in [2.45, 2.75) is 159 Å². The van der Waals surface area contributed by atoms with E-state index in [0.29, 0.717) is 42.9 Å². The van der Waals surface area contributed by atoms with Crippen LogP contribution >= 0.6 is 0 Å². The SMILES string of the molecule is CC(=O)CCCOC(C)C.CC(C)NCc1ccc(C(=O)O)cc1.CC(C)NCc1ccccc1.CC(C)OCCCN(C)C.CCCCOC(C)C. The van der Waals surface area contributed by atoms with Crippen molar-refractivity contribution in [3.05, 3.63) is 71.3 Å². The minimum Gasteiger partial charge on any atom is -0.478 e. The second kappa shape index (κ2) is 37.6. The van der Waals surface area contributed by atoms with Crippen LogP contribution in [0.5, 0.6) is 0 Å². The second-order valence-corrected chi connectivity index (χ2v) is 14.6. The van der Waals surface area contributed by atoms with E-state index in [-0.39, 0.29) is 11.9 Å². The Labute approximate surface area is 326 Å². The van der Waals surface area contributed by atoms with E-state index in [1.807, 2.05) is 32.0 Å². The van der Waals surface area contributed by atoms with Crippen molar-refractivity contribution in [2.24, 2.45) is 0 Å². The maximum atomic E-state index is 10.6. The van der Waals surface area contributed by atoms with Crippen molar-refractivity contribution in [1.82, 2.24) is 15.5 Å². The third kappa shape index (κ3) is 47.3. The van der Waals surface area contributed by atoms with Gasteiger partial charge in [-0.05, 0) is 112 Å². The smallest absolute Gasteiger partial charge is 0.335 e. The van der Waals surface area contributed by atoms with Gasteiger partial charge in [0.25, 0.3) is 0 Å². The van der Waals surface area contributed by atoms with E-state index < -0.39 is 5.97 Å². The molecule has 0 atom stereocenters. The van der Waals surface area contributed by atoms with Gasteiger partial charge in [-0.3, -0.25) is 0 Å². The number of aromatic carboxylic acids is 1. The number of benzene rings is 2. The van der Waals surface area contributed by atoms with Crippen LogP contribution in [-0.4, -0.2) is 92.6 Å². The van der Waals surface area contributed by atoms with Crippen LogP contribution in [0.4, 0.5) is 0 Å². The summed E-state index contributed by atoms with van der Waals surface area (Å²) in [5.74, 6) is -0.638. The molecular formula is C44H81N3O6. The molecule has 0 radical (unpaired) electrons. The van der Waals surface area contributed by atoms with Crippen LogP contribution in [0.3, 0.4) is 0 Å². The topological polar surface area (TPSA) is 109 Å². The number of Topliss-reactive ketones (excluding diaryl/α,β-unsaturated/α-hetero) is 1. The number of unbranched alkanes of at least 4 members (excludes halogenated alkanes) is 1. The number of rotatable bonds is 21. The molecule has 0 amide bonds. The summed E-state index contributed by atoms with van der Waals surface area (Å²) in [6, 6.07) is 18.4. The number of nitrogens with zero attached hydrogens (tertiary/aromatic N) is 1. The Kier molecular flexibility index (Phi) is 38.8. The molecule has 53 heavy (non-hydrogen) atoms. The Morgan fingerprint density at radius 3 is 1.42 bits per heavy atom. The maximum absolute atomic E-state index is 10.6. The standard InChI is InChI=1S/C11H15NO2.C10H15N.C8H19NO.C8H16O2.C7H16O/c1-8(2)12-7-9-3-5-10(6-4-9)11(13)14;1-9(2)11-8-10-6-4-3-5-7-10;1-8(2)10-7-5-6-9(3)4;1-7(2)10-6-4-5-8(3)9;1-4-5-6-8-7(2)3/h3-6,8,12H,7H2,1-2H3,(H,13,14);3-7,9,11H,8H2,1-2H3;8H,5-7H2,1-4H3;7H,4-6H2,1-3H3;7H,4-6H2,1-3H3. The van der Waals surface area contributed by atoms with Crippen LogP contribution < -0.4 is 10.6 Å². The zero-order valence-electron chi connectivity index (χ0n) is 36.3. The summed E-state index contributed by atoms with van der Waals surface area (Å²) >= 11 is 0. The maximum Gasteiger partial charge on any atom is 0.335 e. The van der Waals surface area contributed by atoms with Crippen molar-refractivity contribution >= 4 is 11.8 Å². The van der Waals surface area contributed by atoms with Gasteiger partial charge in [0, 0.05) is 51.4 Å². The van der Waals surface area contributed by atoms with Gasteiger partial charge in [-0.2, -0.15) is 0 Å². The molecule has 0 spiro atoms. The molecular weight excluding hydrogens is 666 g/mol. The van der Waals surface area contributed by atoms with Crippen molar-refractivity contribution in [1.29, 1.82) is 0 Å². The first-order valence-corrected chi connectivity index (χ1v) is 19.7. The molecule has 308 valence electrons. The average molecular weight is 748 g/mol. The van der Waals surface area contributed by atoms with Crippen LogP contribution in [0, 0.1) is 0 Å². The summed E-state index contributed by atoms with van der Waals surface area (Å²) in [5.41, 5.74) is 2.78. The first kappa shape index (κ1) is 54.7. The van der Waals surface area contributed by atoms with Crippen molar-refractivity contribution < 1.29 is 28.9 Å². The van der Waals surface area contributed by atoms with Gasteiger partial charge in [0.1, 0.15) is 5.78 Å². The van der Waals surface area contributed by atoms with Crippen LogP contribution in [-0.2, 0) is 32.1 Å². The predicted octanol–water partition coefficient (Wildman–Crippen LogP) is 9.42. The molecule has 9 heteroatoms. The lowest BCUT2D eigenvalue weighted by Crippen LogP contribution is -2.21. The molecule has 9 nitrogen and oxygen atoms in total. The van der Waals surface area contributed by atoms with E-state index in [4.69, 9.17) is 19.3 Å². The number of ketones is 1. The molecule has 0 heterocycles. The Morgan fingerprint density at radius 1 is 0.642 bits per heavy atom. The Balaban J connectivity index is -0.000000598. The number of hydrogen-bond donors (Lipinski definition) is 3. The fourth-order valence-electron chi connectivity index (χ4n) is 3.81. The largest absolute Gasteiger partial charge is 0.478 e. The molecule has 0 saturated heterocycles. The number of carbonyl (C=O) groups is 2. The lowest BCUT2D eigenvalue weighted by atomic mass is 10.1. The Morgan fingerprint density at radius 2 is 1.06 bits per heavy atom. The van der Waals surface area contributed by atoms with Gasteiger partial charge < -0.3 is 39.6 Å². The third-order valence-corrected chi connectivity index (χ3v) is 6.75. The normalized spacial score (nSPS) is 10.6. The summed E-state index contributed by atoms with van der Waals surface area (Å²) in [4.78, 5) is 23.2. The van der Waals surface area contributed by atoms with E-state index in [0.717, 1.165) is 51.3 Å². The van der Waals surface area contributed by atoms with Crippen LogP contribution in [0.15, 0.2) is 54.6 Å². The Bertz CT molecular complexity index is 1060. The highest BCUT2D eigenvalue weighted by molar-refractivity contribution is 5.87. The van der Waals surface area contributed by atoms with Crippen molar-refractivity contribution in [3.63, 3.8) is 0 Å². The molecule has 3 N–H and O–H groups in total. The first-order valence-electron chi connectivity index (χ1n) is 19.7. The fourth-order valence-corrected chi connectivity index (χ4v) is 3.81. The van der Waals surface area contributed by atoms with Gasteiger partial charge >= 0.3 is 5.97 Å². The number of hydrogen-bond acceptors (Lipinski definition) is 8. The number of carboxylic acids is 1. The Hall–Kier alpha value is -2.66. The summed E-state index contributed by atoms with van der Waals surface area (Å²) in [6.07, 6.45) is 6.12. The summed E-state index contributed by atoms with van der Waals surface area (Å²) in [6.45, 7) is 29.9. The van der Waals surface area contributed by atoms with E-state index in [1.54, 1.807) is 19.1 Å². The van der Waals surface area contributed by atoms with Crippen LogP contribution in [0.2, 0.25) is 0 Å². The van der Waals surface area contributed by atoms with Gasteiger partial charge in [-0.25, -0.2) is 4.79 Å². The highest BCUT2D eigenvalue weighted by Gasteiger charge is 2.02. The molecule has 0 unspecified atom stereocenters. The van der Waals surface area contributed by atoms with E-state index in [9.17, 15) is 9.59 Å². The summed E-state index contributed by atoms with van der Waals surface area (Å²) in [7, 11) is 4.16. The number of ether oxygens (including phenoxy) is 3. The zero-order chi connectivity index (χ0) is 41.0. The average Bonchev–Trinajstić information content (AvgIpc) is 3.08. The van der Waals surface area contributed by atoms with Gasteiger partial charge in [-0.15, -0.1) is 0 Å². The van der Waals surface area contributed by atoms with Gasteiger partial charge in [0.15, 0.2) is 0 Å². The quantitative estimate of drug-likeness (QED) is 0.108. The van der Waals surface area contributed by atoms with E-state index in [2.05, 4.69) is 116 Å². The minimum absolute atomic E-state index is 0.243. The zero-order valence-corrected chi connectivity index (χ0v) is 36.3. The molecule has 0 fully saturated rings. The summed E-state index contributed by atoms with van der Waals surface area (Å²) in [5, 5.41) is 15.3. The molecule has 2 aromatic carbocycles. The molecule has 2 rings (SSSR count). The molecule has 0 aliphatic carbocycles. The van der Waals surface area contributed by atoms with E-state index >= 15 is 0 Å². The van der Waals surface area contributed by atoms with Crippen molar-refractivity contribution in [3.8, 4) is 0 Å². The molecule has 0 aromatic heterocycles. The lowest BCUT2D eigenvalue weighted by molar-refractivity contribution is -0.117. The molecule has 0 aliphatic heterocycles.